The van der Waals surface area contributed by atoms with Gasteiger partial charge in [-0.1, -0.05) is 0 Å². The topological polar surface area (TPSA) is 135 Å². The van der Waals surface area contributed by atoms with E-state index in [9.17, 15) is 4.39 Å². The Morgan fingerprint density at radius 2 is 2.06 bits per heavy atom. The van der Waals surface area contributed by atoms with E-state index in [1.54, 1.807) is 16.6 Å². The molecule has 5 N–H and O–H groups in total. The molecule has 1 aliphatic heterocycles. The number of anilines is 2. The molecule has 0 spiro atoms. The highest BCUT2D eigenvalue weighted by Gasteiger charge is 2.19. The van der Waals surface area contributed by atoms with E-state index in [1.807, 2.05) is 26.1 Å². The Morgan fingerprint density at radius 3 is 2.82 bits per heavy atom. The van der Waals surface area contributed by atoms with Crippen LogP contribution in [0.5, 0.6) is 0 Å². The van der Waals surface area contributed by atoms with Gasteiger partial charge >= 0.3 is 0 Å². The number of fused-ring (bicyclic) bond motifs is 1. The van der Waals surface area contributed by atoms with Gasteiger partial charge in [0.25, 0.3) is 0 Å². The van der Waals surface area contributed by atoms with Crippen LogP contribution < -0.4 is 16.8 Å². The summed E-state index contributed by atoms with van der Waals surface area (Å²) in [5, 5.41) is 19.0. The fourth-order valence-corrected chi connectivity index (χ4v) is 3.76. The molecule has 3 aromatic rings. The lowest BCUT2D eigenvalue weighted by Crippen LogP contribution is -2.39. The molecule has 11 heteroatoms. The summed E-state index contributed by atoms with van der Waals surface area (Å²) in [4.78, 5) is 6.82. The van der Waals surface area contributed by atoms with Gasteiger partial charge in [-0.2, -0.15) is 10.2 Å². The van der Waals surface area contributed by atoms with E-state index in [0.717, 1.165) is 43.6 Å². The highest BCUT2D eigenvalue weighted by molar-refractivity contribution is 5.98. The summed E-state index contributed by atoms with van der Waals surface area (Å²) in [7, 11) is 0. The molecule has 0 radical (unpaired) electrons. The Balaban J connectivity index is 1.59. The van der Waals surface area contributed by atoms with Gasteiger partial charge in [-0.15, -0.1) is 5.10 Å². The first-order valence-corrected chi connectivity index (χ1v) is 11.0. The smallest absolute Gasteiger partial charge is 0.158 e. The van der Waals surface area contributed by atoms with Crippen LogP contribution in [-0.4, -0.2) is 50.5 Å². The van der Waals surface area contributed by atoms with Gasteiger partial charge in [-0.3, -0.25) is 4.90 Å². The first-order chi connectivity index (χ1) is 15.9. The Kier molecular flexibility index (Phi) is 6.90. The first-order valence-electron chi connectivity index (χ1n) is 11.0. The van der Waals surface area contributed by atoms with Crippen molar-refractivity contribution >= 4 is 22.9 Å². The maximum atomic E-state index is 14.4. The normalized spacial score (nSPS) is 16.3. The predicted molar refractivity (Wildman–Crippen MR) is 126 cm³/mol. The highest BCUT2D eigenvalue weighted by atomic mass is 19.1. The zero-order valence-corrected chi connectivity index (χ0v) is 18.8. The number of hydrogen-bond donors (Lipinski definition) is 3. The van der Waals surface area contributed by atoms with Crippen LogP contribution >= 0.6 is 0 Å². The average molecular weight is 453 g/mol. The molecule has 0 aliphatic carbocycles. The molecular formula is C22H29FN10. The number of nitrogens with zero attached hydrogens (tertiary/aromatic N) is 7. The van der Waals surface area contributed by atoms with E-state index >= 15 is 0 Å². The first kappa shape index (κ1) is 22.7. The van der Waals surface area contributed by atoms with Crippen molar-refractivity contribution in [3.63, 3.8) is 0 Å². The Labute approximate surface area is 191 Å². The Bertz CT molecular complexity index is 1160. The molecule has 10 nitrogen and oxygen atoms in total. The van der Waals surface area contributed by atoms with Crippen molar-refractivity contribution in [3.8, 4) is 0 Å². The summed E-state index contributed by atoms with van der Waals surface area (Å²) in [6.07, 6.45) is 5.37. The predicted octanol–water partition coefficient (Wildman–Crippen LogP) is 3.02. The molecule has 0 bridgehead atoms. The van der Waals surface area contributed by atoms with Crippen LogP contribution in [0.1, 0.15) is 37.8 Å². The van der Waals surface area contributed by atoms with Crippen molar-refractivity contribution in [2.45, 2.75) is 45.3 Å². The Hall–Kier alpha value is -3.44. The molecule has 1 fully saturated rings. The highest BCUT2D eigenvalue weighted by Crippen LogP contribution is 2.26. The summed E-state index contributed by atoms with van der Waals surface area (Å²) in [5.74, 6) is 0.0624. The monoisotopic (exact) mass is 452 g/mol. The van der Waals surface area contributed by atoms with Crippen LogP contribution in [0.3, 0.4) is 0 Å². The maximum Gasteiger partial charge on any atom is 0.158 e. The molecule has 1 saturated heterocycles. The largest absolute Gasteiger partial charge is 0.382 e. The fraction of sp³-hybridized carbons (Fsp3) is 0.409. The van der Waals surface area contributed by atoms with Crippen molar-refractivity contribution in [1.82, 2.24) is 19.5 Å². The van der Waals surface area contributed by atoms with E-state index in [4.69, 9.17) is 11.5 Å². The Morgan fingerprint density at radius 1 is 1.27 bits per heavy atom. The van der Waals surface area contributed by atoms with Crippen LogP contribution in [-0.2, 0) is 6.54 Å². The van der Waals surface area contributed by atoms with Crippen molar-refractivity contribution in [3.05, 3.63) is 53.7 Å². The summed E-state index contributed by atoms with van der Waals surface area (Å²) < 4.78 is 16.2. The second-order valence-corrected chi connectivity index (χ2v) is 8.46. The molecule has 0 atom stereocenters. The lowest BCUT2D eigenvalue weighted by molar-refractivity contribution is 0.206. The number of halogens is 1. The third-order valence-corrected chi connectivity index (χ3v) is 5.50. The molecule has 2 aromatic heterocycles. The SMILES string of the molecule is CC(C)N=NN=C(N)c1cc(Nc2ncnn3ccc(CN4CCC(N)CC4)c23)ccc1F. The van der Waals surface area contributed by atoms with Gasteiger partial charge < -0.3 is 16.8 Å². The third kappa shape index (κ3) is 5.49. The van der Waals surface area contributed by atoms with Gasteiger partial charge in [0.05, 0.1) is 11.6 Å². The number of nitrogens with one attached hydrogen (secondary N) is 1. The number of nitrogens with two attached hydrogens (primary N) is 2. The van der Waals surface area contributed by atoms with Crippen LogP contribution in [0.25, 0.3) is 5.52 Å². The van der Waals surface area contributed by atoms with E-state index in [1.165, 1.54) is 12.4 Å². The van der Waals surface area contributed by atoms with Crippen LogP contribution in [0.4, 0.5) is 15.9 Å². The van der Waals surface area contributed by atoms with Gasteiger partial charge in [0, 0.05) is 24.5 Å². The molecule has 1 aromatic carbocycles. The average Bonchev–Trinajstić information content (AvgIpc) is 3.20. The second kappa shape index (κ2) is 10.0. The molecule has 4 rings (SSSR count). The lowest BCUT2D eigenvalue weighted by Gasteiger charge is -2.29. The summed E-state index contributed by atoms with van der Waals surface area (Å²) in [5.41, 5.74) is 14.7. The summed E-state index contributed by atoms with van der Waals surface area (Å²) in [6.45, 7) is 6.42. The number of rotatable bonds is 7. The number of hydrogen-bond acceptors (Lipinski definition) is 7. The second-order valence-electron chi connectivity index (χ2n) is 8.46. The molecular weight excluding hydrogens is 423 g/mol. The molecule has 174 valence electrons. The van der Waals surface area contributed by atoms with Crippen molar-refractivity contribution < 1.29 is 4.39 Å². The van der Waals surface area contributed by atoms with Crippen LogP contribution in [0, 0.1) is 5.82 Å². The minimum Gasteiger partial charge on any atom is -0.382 e. The standard InChI is InChI=1S/C22H29FN10/c1-14(2)29-31-30-21(25)18-11-17(3-4-19(18)23)28-22-20-15(5-10-33(20)27-13-26-22)12-32-8-6-16(24)7-9-32/h3-5,10-11,13-14,16H,6-9,12,24H2,1-2H3,(H2,25,29,30)(H,26,27,28). The molecule has 0 amide bonds. The number of benzene rings is 1. The van der Waals surface area contributed by atoms with Gasteiger partial charge in [-0.05, 0) is 74.8 Å². The summed E-state index contributed by atoms with van der Waals surface area (Å²) >= 11 is 0. The number of piperidine rings is 1. The van der Waals surface area contributed by atoms with Crippen LogP contribution in [0.2, 0.25) is 0 Å². The third-order valence-electron chi connectivity index (χ3n) is 5.50. The minimum absolute atomic E-state index is 0.0301. The van der Waals surface area contributed by atoms with Crippen LogP contribution in [0.15, 0.2) is 52.2 Å². The van der Waals surface area contributed by atoms with E-state index in [0.29, 0.717) is 11.5 Å². The van der Waals surface area contributed by atoms with Gasteiger partial charge in [-0.25, -0.2) is 13.9 Å². The zero-order valence-electron chi connectivity index (χ0n) is 18.8. The van der Waals surface area contributed by atoms with E-state index < -0.39 is 5.82 Å². The molecule has 0 saturated carbocycles. The van der Waals surface area contributed by atoms with Crippen molar-refractivity contribution in [2.24, 2.45) is 26.9 Å². The minimum atomic E-state index is -0.499. The maximum absolute atomic E-state index is 14.4. The summed E-state index contributed by atoms with van der Waals surface area (Å²) in [6, 6.07) is 6.82. The lowest BCUT2D eigenvalue weighted by atomic mass is 10.1. The molecule has 1 aliphatic rings. The quantitative estimate of drug-likeness (QED) is 0.218. The number of likely N-dealkylation sites (tertiary alicyclic amines) is 1. The van der Waals surface area contributed by atoms with Gasteiger partial charge in [0.2, 0.25) is 0 Å². The molecule has 0 unspecified atom stereocenters. The van der Waals surface area contributed by atoms with Crippen molar-refractivity contribution in [1.29, 1.82) is 0 Å². The molecule has 3 heterocycles. The number of aromatic nitrogens is 3. The van der Waals surface area contributed by atoms with Gasteiger partial charge in [0.15, 0.2) is 11.7 Å². The fourth-order valence-electron chi connectivity index (χ4n) is 3.76. The molecule has 33 heavy (non-hydrogen) atoms. The van der Waals surface area contributed by atoms with E-state index in [-0.39, 0.29) is 23.5 Å². The van der Waals surface area contributed by atoms with E-state index in [2.05, 4.69) is 35.7 Å². The number of amidine groups is 1. The zero-order chi connectivity index (χ0) is 23.4. The van der Waals surface area contributed by atoms with Gasteiger partial charge in [0.1, 0.15) is 17.7 Å². The van der Waals surface area contributed by atoms with Crippen molar-refractivity contribution in [2.75, 3.05) is 18.4 Å².